The van der Waals surface area contributed by atoms with Gasteiger partial charge in [0.25, 0.3) is 0 Å². The predicted octanol–water partition coefficient (Wildman–Crippen LogP) is -0.526. The molecule has 2 rings (SSSR count). The number of nitrogens with zero attached hydrogens (tertiary/aromatic N) is 2. The average molecular weight is 575 g/mol. The third-order valence-corrected chi connectivity index (χ3v) is 4.04. The fourth-order valence-electron chi connectivity index (χ4n) is 2.51. The number of rotatable bonds is 13. The van der Waals surface area contributed by atoms with Crippen molar-refractivity contribution in [1.82, 2.24) is 10.6 Å². The van der Waals surface area contributed by atoms with Gasteiger partial charge in [0.1, 0.15) is 0 Å². The van der Waals surface area contributed by atoms with Gasteiger partial charge in [0, 0.05) is 36.6 Å². The van der Waals surface area contributed by atoms with Gasteiger partial charge in [0.15, 0.2) is 11.6 Å². The molecule has 0 aromatic heterocycles. The van der Waals surface area contributed by atoms with Crippen LogP contribution < -0.4 is 34.6 Å². The van der Waals surface area contributed by atoms with Gasteiger partial charge < -0.3 is 45.2 Å². The summed E-state index contributed by atoms with van der Waals surface area (Å²) >= 11 is 0. The molecule has 2 aliphatic rings. The maximum absolute atomic E-state index is 11.5. The molecule has 0 bridgehead atoms. The molecule has 0 radical (unpaired) electrons. The van der Waals surface area contributed by atoms with Crippen molar-refractivity contribution < 1.29 is 33.6 Å². The van der Waals surface area contributed by atoms with E-state index in [-0.39, 0.29) is 55.3 Å². The monoisotopic (exact) mass is 575 g/mol. The molecular formula is C22H28GaIN4O2. The van der Waals surface area contributed by atoms with Gasteiger partial charge in [-0.25, -0.2) is 0 Å². The summed E-state index contributed by atoms with van der Waals surface area (Å²) < 4.78 is 0. The number of halogens is 1. The van der Waals surface area contributed by atoms with E-state index >= 15 is 0 Å². The van der Waals surface area contributed by atoms with Gasteiger partial charge in [0.05, 0.1) is 0 Å². The number of allylic oxidation sites excluding steroid dienone is 10. The number of ketones is 2. The van der Waals surface area contributed by atoms with E-state index in [0.717, 1.165) is 52.1 Å². The summed E-state index contributed by atoms with van der Waals surface area (Å²) in [5.74, 6) is 0.0641. The van der Waals surface area contributed by atoms with Crippen LogP contribution in [0.25, 0.3) is 10.6 Å². The van der Waals surface area contributed by atoms with Crippen LogP contribution in [-0.4, -0.2) is 70.6 Å². The molecule has 158 valence electrons. The first kappa shape index (κ1) is 28.7. The van der Waals surface area contributed by atoms with Gasteiger partial charge >= 0.3 is 19.8 Å². The number of hydrogen-bond acceptors (Lipinski definition) is 4. The Morgan fingerprint density at radius 2 is 1.07 bits per heavy atom. The van der Waals surface area contributed by atoms with E-state index in [1.165, 1.54) is 0 Å². The summed E-state index contributed by atoms with van der Waals surface area (Å²) in [6.07, 6.45) is 19.3. The van der Waals surface area contributed by atoms with Crippen molar-refractivity contribution in [2.45, 2.75) is 12.8 Å². The molecular weight excluding hydrogens is 547 g/mol. The molecule has 30 heavy (non-hydrogen) atoms. The Hall–Kier alpha value is -1.33. The topological polar surface area (TPSA) is 86.4 Å². The summed E-state index contributed by atoms with van der Waals surface area (Å²) in [4.78, 5) is 23.1. The summed E-state index contributed by atoms with van der Waals surface area (Å²) in [6, 6.07) is 0. The zero-order valence-corrected chi connectivity index (χ0v) is 21.7. The molecule has 0 amide bonds. The van der Waals surface area contributed by atoms with Crippen molar-refractivity contribution >= 4 is 31.4 Å². The van der Waals surface area contributed by atoms with E-state index in [0.29, 0.717) is 11.1 Å². The van der Waals surface area contributed by atoms with Gasteiger partial charge in [-0.2, -0.15) is 13.1 Å². The Morgan fingerprint density at radius 3 is 1.47 bits per heavy atom. The molecule has 0 aromatic carbocycles. The van der Waals surface area contributed by atoms with Gasteiger partial charge in [-0.05, 0) is 24.3 Å². The smallest absolute Gasteiger partial charge is 1.00 e. The first-order chi connectivity index (χ1) is 13.8. The van der Waals surface area contributed by atoms with Crippen LogP contribution >= 0.6 is 0 Å². The van der Waals surface area contributed by atoms with Crippen molar-refractivity contribution in [1.29, 1.82) is 0 Å². The maximum atomic E-state index is 11.5. The Labute approximate surface area is 209 Å². The molecule has 0 aromatic rings. The number of carbonyl (C=O) groups is 2. The van der Waals surface area contributed by atoms with Crippen molar-refractivity contribution in [2.75, 3.05) is 39.3 Å². The minimum atomic E-state index is 0. The zero-order chi connectivity index (χ0) is 19.9. The normalized spacial score (nSPS) is 17.2. The fourth-order valence-corrected chi connectivity index (χ4v) is 2.51. The summed E-state index contributed by atoms with van der Waals surface area (Å²) in [5, 5.41) is 15.2. The molecule has 0 aliphatic heterocycles. The van der Waals surface area contributed by atoms with Crippen molar-refractivity contribution in [3.8, 4) is 0 Å². The van der Waals surface area contributed by atoms with E-state index in [1.807, 2.05) is 12.2 Å². The van der Waals surface area contributed by atoms with Crippen LogP contribution in [0.5, 0.6) is 0 Å². The molecule has 0 unspecified atom stereocenters. The largest absolute Gasteiger partial charge is 3.00 e. The quantitative estimate of drug-likeness (QED) is 0.134. The van der Waals surface area contributed by atoms with Gasteiger partial charge in [-0.15, -0.1) is 13.1 Å². The van der Waals surface area contributed by atoms with Crippen LogP contribution in [0, 0.1) is 0 Å². The number of carbonyl (C=O) groups excluding carboxylic acids is 2. The Bertz CT molecular complexity index is 652. The van der Waals surface area contributed by atoms with Crippen LogP contribution in [0.3, 0.4) is 0 Å². The Balaban J connectivity index is 0.00000420. The Kier molecular flexibility index (Phi) is 17.6. The molecule has 0 heterocycles. The van der Waals surface area contributed by atoms with Crippen molar-refractivity contribution in [3.63, 3.8) is 0 Å². The van der Waals surface area contributed by atoms with E-state index in [1.54, 1.807) is 48.9 Å². The van der Waals surface area contributed by atoms with Crippen molar-refractivity contribution in [3.05, 3.63) is 82.8 Å². The van der Waals surface area contributed by atoms with E-state index in [4.69, 9.17) is 0 Å². The molecule has 0 atom stereocenters. The standard InChI is InChI=1S/C22H28N4O2.Ga.HI/c27-21-9-3-1-7-19(21)17-25-13-5-11-23-15-16-24-12-6-14-26-18-20-8-2-4-10-22(20)28;;/h1-4,7-10,17-18,25-26H,5-6,11-16H2;;1H/q-2;+3;/p-1/b19-17-,20-18+;;/i;1-2;. The molecule has 2 N–H and O–H groups in total. The first-order valence-corrected chi connectivity index (χ1v) is 9.69. The number of nitrogens with one attached hydrogen (secondary N) is 2. The summed E-state index contributed by atoms with van der Waals surface area (Å²) in [6.45, 7) is 4.67. The van der Waals surface area contributed by atoms with Gasteiger partial charge in [-0.1, -0.05) is 37.1 Å². The third kappa shape index (κ3) is 12.4. The van der Waals surface area contributed by atoms with Crippen LogP contribution in [0.15, 0.2) is 72.2 Å². The van der Waals surface area contributed by atoms with Crippen LogP contribution in [0.4, 0.5) is 0 Å². The molecule has 2 aliphatic carbocycles. The van der Waals surface area contributed by atoms with E-state index in [2.05, 4.69) is 21.3 Å². The fraction of sp³-hybridized carbons (Fsp3) is 0.364. The molecule has 6 nitrogen and oxygen atoms in total. The summed E-state index contributed by atoms with van der Waals surface area (Å²) in [7, 11) is 0. The van der Waals surface area contributed by atoms with E-state index < -0.39 is 0 Å². The third-order valence-electron chi connectivity index (χ3n) is 4.04. The molecule has 0 saturated heterocycles. The first-order valence-electron chi connectivity index (χ1n) is 9.69. The zero-order valence-electron chi connectivity index (χ0n) is 17.1. The summed E-state index contributed by atoms with van der Waals surface area (Å²) in [5.41, 5.74) is 1.37. The second-order valence-electron chi connectivity index (χ2n) is 6.32. The predicted molar refractivity (Wildman–Crippen MR) is 120 cm³/mol. The minimum Gasteiger partial charge on any atom is -1.00 e. The molecule has 8 heteroatoms. The minimum absolute atomic E-state index is 0. The second kappa shape index (κ2) is 18.4. The average Bonchev–Trinajstić information content (AvgIpc) is 2.71. The van der Waals surface area contributed by atoms with Crippen LogP contribution in [0.2, 0.25) is 0 Å². The van der Waals surface area contributed by atoms with Gasteiger partial charge in [-0.3, -0.25) is 9.59 Å². The SMILES string of the molecule is O=C1C=CC=C/C1=C/NCCC[N-]CC[N-]CCCN/C=C1\C=CC=CC1=O.[68Ga+3].[I-]. The van der Waals surface area contributed by atoms with E-state index in [9.17, 15) is 9.59 Å². The molecule has 0 spiro atoms. The molecule has 0 fully saturated rings. The Morgan fingerprint density at radius 1 is 0.667 bits per heavy atom. The maximum Gasteiger partial charge on any atom is 3.00 e. The van der Waals surface area contributed by atoms with Gasteiger partial charge in [0.2, 0.25) is 0 Å². The second-order valence-corrected chi connectivity index (χ2v) is 6.32. The molecule has 0 saturated carbocycles. The van der Waals surface area contributed by atoms with Crippen LogP contribution in [0.1, 0.15) is 12.8 Å². The number of hydrogen-bond donors (Lipinski definition) is 2. The van der Waals surface area contributed by atoms with Crippen LogP contribution in [-0.2, 0) is 9.59 Å². The van der Waals surface area contributed by atoms with Crippen molar-refractivity contribution in [2.24, 2.45) is 0 Å².